The molecule has 1 aromatic carbocycles. The fourth-order valence-corrected chi connectivity index (χ4v) is 1.71. The van der Waals surface area contributed by atoms with E-state index in [0.29, 0.717) is 0 Å². The number of nitrogens with zero attached hydrogens (tertiary/aromatic N) is 4. The summed E-state index contributed by atoms with van der Waals surface area (Å²) in [5.41, 5.74) is -1.23. The van der Waals surface area contributed by atoms with E-state index in [1.165, 1.54) is 38.0 Å². The normalized spacial score (nSPS) is 9.56. The first-order chi connectivity index (χ1) is 8.36. The maximum absolute atomic E-state index is 14.2. The van der Waals surface area contributed by atoms with Crippen LogP contribution in [-0.2, 0) is 0 Å². The second-order valence-corrected chi connectivity index (χ2v) is 4.09. The van der Waals surface area contributed by atoms with Gasteiger partial charge in [-0.05, 0) is 0 Å². The van der Waals surface area contributed by atoms with Crippen molar-refractivity contribution in [3.8, 4) is 12.1 Å². The lowest BCUT2D eigenvalue weighted by molar-refractivity contribution is 0.592. The zero-order chi connectivity index (χ0) is 14.0. The van der Waals surface area contributed by atoms with Gasteiger partial charge in [-0.3, -0.25) is 0 Å². The molecule has 4 nitrogen and oxygen atoms in total. The van der Waals surface area contributed by atoms with Crippen molar-refractivity contribution in [1.82, 2.24) is 0 Å². The molecule has 0 aliphatic heterocycles. The van der Waals surface area contributed by atoms with E-state index >= 15 is 0 Å². The Morgan fingerprint density at radius 3 is 1.22 bits per heavy atom. The van der Waals surface area contributed by atoms with Crippen LogP contribution in [0.4, 0.5) is 20.2 Å². The highest BCUT2D eigenvalue weighted by molar-refractivity contribution is 5.73. The molecule has 18 heavy (non-hydrogen) atoms. The van der Waals surface area contributed by atoms with E-state index in [9.17, 15) is 8.78 Å². The van der Waals surface area contributed by atoms with Crippen LogP contribution in [0.15, 0.2) is 0 Å². The molecular formula is C12H12F2N4. The minimum atomic E-state index is -0.885. The number of halogens is 2. The molecule has 6 heteroatoms. The summed E-state index contributed by atoms with van der Waals surface area (Å²) < 4.78 is 28.3. The topological polar surface area (TPSA) is 54.1 Å². The van der Waals surface area contributed by atoms with Gasteiger partial charge < -0.3 is 9.80 Å². The number of hydrogen-bond acceptors (Lipinski definition) is 4. The summed E-state index contributed by atoms with van der Waals surface area (Å²) in [7, 11) is 5.93. The zero-order valence-corrected chi connectivity index (χ0v) is 10.5. The molecule has 0 atom stereocenters. The fourth-order valence-electron chi connectivity index (χ4n) is 1.71. The molecule has 0 unspecified atom stereocenters. The van der Waals surface area contributed by atoms with Crippen LogP contribution in [0.5, 0.6) is 0 Å². The van der Waals surface area contributed by atoms with Crippen LogP contribution in [0, 0.1) is 34.3 Å². The highest BCUT2D eigenvalue weighted by Crippen LogP contribution is 2.35. The van der Waals surface area contributed by atoms with Crippen molar-refractivity contribution in [2.45, 2.75) is 0 Å². The summed E-state index contributed by atoms with van der Waals surface area (Å²) in [5.74, 6) is -1.77. The second kappa shape index (κ2) is 4.89. The van der Waals surface area contributed by atoms with E-state index in [0.717, 1.165) is 0 Å². The van der Waals surface area contributed by atoms with Gasteiger partial charge in [0.1, 0.15) is 23.3 Å². The molecule has 0 bridgehead atoms. The summed E-state index contributed by atoms with van der Waals surface area (Å²) in [6, 6.07) is 3.28. The largest absolute Gasteiger partial charge is 0.374 e. The van der Waals surface area contributed by atoms with E-state index in [2.05, 4.69) is 0 Å². The highest BCUT2D eigenvalue weighted by atomic mass is 19.1. The maximum Gasteiger partial charge on any atom is 0.167 e. The molecule has 0 radical (unpaired) electrons. The van der Waals surface area contributed by atoms with Gasteiger partial charge >= 0.3 is 0 Å². The van der Waals surface area contributed by atoms with Gasteiger partial charge in [0.05, 0.1) is 11.4 Å². The molecule has 0 amide bonds. The van der Waals surface area contributed by atoms with E-state index in [1.54, 1.807) is 12.1 Å². The highest BCUT2D eigenvalue weighted by Gasteiger charge is 2.26. The van der Waals surface area contributed by atoms with Gasteiger partial charge in [0.25, 0.3) is 0 Å². The zero-order valence-electron chi connectivity index (χ0n) is 10.5. The van der Waals surface area contributed by atoms with Crippen molar-refractivity contribution in [3.63, 3.8) is 0 Å². The Morgan fingerprint density at radius 2 is 1.06 bits per heavy atom. The lowest BCUT2D eigenvalue weighted by atomic mass is 10.0. The summed E-state index contributed by atoms with van der Waals surface area (Å²) in [6.45, 7) is 0. The van der Waals surface area contributed by atoms with Crippen LogP contribution in [0.25, 0.3) is 0 Å². The van der Waals surface area contributed by atoms with Gasteiger partial charge in [0, 0.05) is 28.2 Å². The molecule has 0 aliphatic rings. The third-order valence-electron chi connectivity index (χ3n) is 2.45. The fraction of sp³-hybridized carbons (Fsp3) is 0.333. The van der Waals surface area contributed by atoms with Crippen molar-refractivity contribution in [1.29, 1.82) is 10.5 Å². The Bertz CT molecular complexity index is 513. The summed E-state index contributed by atoms with van der Waals surface area (Å²) in [4.78, 5) is 2.55. The van der Waals surface area contributed by atoms with Crippen LogP contribution in [0.1, 0.15) is 11.1 Å². The monoisotopic (exact) mass is 250 g/mol. The first-order valence-electron chi connectivity index (χ1n) is 5.06. The molecule has 0 spiro atoms. The van der Waals surface area contributed by atoms with Crippen LogP contribution in [0.3, 0.4) is 0 Å². The second-order valence-electron chi connectivity index (χ2n) is 4.09. The Balaban J connectivity index is 3.89. The number of benzene rings is 1. The number of hydrogen-bond donors (Lipinski definition) is 0. The van der Waals surface area contributed by atoms with Crippen LogP contribution in [-0.4, -0.2) is 28.2 Å². The van der Waals surface area contributed by atoms with Gasteiger partial charge in [-0.2, -0.15) is 10.5 Å². The van der Waals surface area contributed by atoms with Crippen LogP contribution in [0.2, 0.25) is 0 Å². The van der Waals surface area contributed by atoms with Crippen molar-refractivity contribution in [2.24, 2.45) is 0 Å². The minimum absolute atomic E-state index is 0.211. The quantitative estimate of drug-likeness (QED) is 0.803. The molecule has 94 valence electrons. The average molecular weight is 250 g/mol. The first kappa shape index (κ1) is 13.7. The third kappa shape index (κ3) is 1.93. The molecule has 1 rings (SSSR count). The Kier molecular flexibility index (Phi) is 3.73. The molecule has 0 aliphatic carbocycles. The predicted molar refractivity (Wildman–Crippen MR) is 64.4 cm³/mol. The van der Waals surface area contributed by atoms with E-state index in [1.807, 2.05) is 0 Å². The SMILES string of the molecule is CN(C)c1c(F)c(C#N)c(N(C)C)c(F)c1C#N. The molecule has 0 aromatic heterocycles. The van der Waals surface area contributed by atoms with Crippen molar-refractivity contribution < 1.29 is 8.78 Å². The standard InChI is InChI=1S/C12H12F2N4/c1-17(2)11-7(5-15)10(14)12(18(3)4)8(6-16)9(11)13/h1-4H3. The van der Waals surface area contributed by atoms with Crippen molar-refractivity contribution >= 4 is 11.4 Å². The molecule has 0 saturated heterocycles. The van der Waals surface area contributed by atoms with Crippen LogP contribution < -0.4 is 9.80 Å². The van der Waals surface area contributed by atoms with Gasteiger partial charge in [-0.1, -0.05) is 0 Å². The van der Waals surface area contributed by atoms with Gasteiger partial charge in [0.2, 0.25) is 0 Å². The minimum Gasteiger partial charge on any atom is -0.374 e. The number of anilines is 2. The molecular weight excluding hydrogens is 238 g/mol. The summed E-state index contributed by atoms with van der Waals surface area (Å²) in [5, 5.41) is 17.9. The van der Waals surface area contributed by atoms with E-state index in [4.69, 9.17) is 10.5 Å². The lowest BCUT2D eigenvalue weighted by Gasteiger charge is -2.22. The third-order valence-corrected chi connectivity index (χ3v) is 2.45. The number of rotatable bonds is 2. The van der Waals surface area contributed by atoms with Gasteiger partial charge in [-0.15, -0.1) is 0 Å². The van der Waals surface area contributed by atoms with E-state index < -0.39 is 22.8 Å². The molecule has 0 N–H and O–H groups in total. The van der Waals surface area contributed by atoms with Crippen LogP contribution >= 0.6 is 0 Å². The first-order valence-corrected chi connectivity index (χ1v) is 5.06. The smallest absolute Gasteiger partial charge is 0.167 e. The Labute approximate surface area is 104 Å². The van der Waals surface area contributed by atoms with Crippen molar-refractivity contribution in [3.05, 3.63) is 22.8 Å². The molecule has 1 aromatic rings. The van der Waals surface area contributed by atoms with E-state index in [-0.39, 0.29) is 11.4 Å². The Morgan fingerprint density at radius 1 is 0.778 bits per heavy atom. The summed E-state index contributed by atoms with van der Waals surface area (Å²) in [6.07, 6.45) is 0. The summed E-state index contributed by atoms with van der Waals surface area (Å²) >= 11 is 0. The van der Waals surface area contributed by atoms with Gasteiger partial charge in [-0.25, -0.2) is 8.78 Å². The van der Waals surface area contributed by atoms with Crippen molar-refractivity contribution in [2.75, 3.05) is 38.0 Å². The predicted octanol–water partition coefficient (Wildman–Crippen LogP) is 1.84. The maximum atomic E-state index is 14.2. The molecule has 0 heterocycles. The lowest BCUT2D eigenvalue weighted by Crippen LogP contribution is -2.19. The molecule has 0 fully saturated rings. The number of nitriles is 2. The Hall–Kier alpha value is -2.34. The average Bonchev–Trinajstić information content (AvgIpc) is 2.29. The molecule has 0 saturated carbocycles. The van der Waals surface area contributed by atoms with Gasteiger partial charge in [0.15, 0.2) is 11.6 Å².